The van der Waals surface area contributed by atoms with E-state index in [4.69, 9.17) is 16.3 Å². The molecule has 1 N–H and O–H groups in total. The Bertz CT molecular complexity index is 380. The summed E-state index contributed by atoms with van der Waals surface area (Å²) in [6.45, 7) is 4.36. The molecule has 0 saturated carbocycles. The molecule has 1 fully saturated rings. The van der Waals surface area contributed by atoms with Crippen LogP contribution in [-0.2, 0) is 4.74 Å². The normalized spacial score (nSPS) is 21.7. The summed E-state index contributed by atoms with van der Waals surface area (Å²) >= 11 is 6.05. The first-order chi connectivity index (χ1) is 8.24. The van der Waals surface area contributed by atoms with Crippen LogP contribution >= 0.6 is 11.6 Å². The molecule has 94 valence electrons. The van der Waals surface area contributed by atoms with E-state index in [1.807, 2.05) is 13.0 Å². The Morgan fingerprint density at radius 2 is 2.41 bits per heavy atom. The Morgan fingerprint density at radius 3 is 3.06 bits per heavy atom. The van der Waals surface area contributed by atoms with Gasteiger partial charge in [-0.15, -0.1) is 0 Å². The van der Waals surface area contributed by atoms with Gasteiger partial charge >= 0.3 is 0 Å². The number of hydrogen-bond donors (Lipinski definition) is 1. The first-order valence-corrected chi connectivity index (χ1v) is 6.37. The quantitative estimate of drug-likeness (QED) is 0.895. The minimum absolute atomic E-state index is 0.0747. The second kappa shape index (κ2) is 5.80. The van der Waals surface area contributed by atoms with Crippen LogP contribution in [0.4, 0.5) is 4.39 Å². The molecule has 2 nitrogen and oxygen atoms in total. The van der Waals surface area contributed by atoms with Crippen molar-refractivity contribution in [2.75, 3.05) is 19.8 Å². The van der Waals surface area contributed by atoms with Crippen LogP contribution in [0.2, 0.25) is 5.02 Å². The van der Waals surface area contributed by atoms with Gasteiger partial charge in [0, 0.05) is 18.6 Å². The van der Waals surface area contributed by atoms with Gasteiger partial charge in [-0.25, -0.2) is 4.39 Å². The summed E-state index contributed by atoms with van der Waals surface area (Å²) in [5.74, 6) is 0.0141. The van der Waals surface area contributed by atoms with Gasteiger partial charge in [0.1, 0.15) is 5.82 Å². The minimum Gasteiger partial charge on any atom is -0.381 e. The lowest BCUT2D eigenvalue weighted by molar-refractivity contribution is 0.177. The molecule has 0 spiro atoms. The Balaban J connectivity index is 2.27. The van der Waals surface area contributed by atoms with Gasteiger partial charge in [0.15, 0.2) is 0 Å². The lowest BCUT2D eigenvalue weighted by Gasteiger charge is -2.24. The molecule has 0 aromatic heterocycles. The monoisotopic (exact) mass is 257 g/mol. The Morgan fingerprint density at radius 1 is 1.59 bits per heavy atom. The molecule has 1 aliphatic heterocycles. The number of ether oxygens (including phenoxy) is 1. The highest BCUT2D eigenvalue weighted by atomic mass is 35.5. The van der Waals surface area contributed by atoms with E-state index in [1.165, 1.54) is 6.07 Å². The molecule has 0 aliphatic carbocycles. The van der Waals surface area contributed by atoms with Gasteiger partial charge in [0.2, 0.25) is 0 Å². The third kappa shape index (κ3) is 2.79. The van der Waals surface area contributed by atoms with E-state index in [2.05, 4.69) is 5.32 Å². The van der Waals surface area contributed by atoms with Crippen LogP contribution in [0.3, 0.4) is 0 Å². The molecule has 1 saturated heterocycles. The first kappa shape index (κ1) is 12.8. The van der Waals surface area contributed by atoms with E-state index in [1.54, 1.807) is 6.07 Å². The smallest absolute Gasteiger partial charge is 0.142 e. The summed E-state index contributed by atoms with van der Waals surface area (Å²) in [6.07, 6.45) is 0.991. The zero-order chi connectivity index (χ0) is 12.3. The summed E-state index contributed by atoms with van der Waals surface area (Å²) in [5, 5.41) is 3.60. The van der Waals surface area contributed by atoms with Crippen LogP contribution in [0.5, 0.6) is 0 Å². The third-order valence-corrected chi connectivity index (χ3v) is 3.58. The number of rotatable bonds is 4. The zero-order valence-electron chi connectivity index (χ0n) is 9.88. The summed E-state index contributed by atoms with van der Waals surface area (Å²) < 4.78 is 18.9. The van der Waals surface area contributed by atoms with E-state index in [0.717, 1.165) is 25.1 Å². The second-order valence-electron chi connectivity index (χ2n) is 4.30. The highest BCUT2D eigenvalue weighted by molar-refractivity contribution is 6.31. The predicted octanol–water partition coefficient (Wildman–Crippen LogP) is 3.17. The van der Waals surface area contributed by atoms with Crippen LogP contribution in [0, 0.1) is 11.7 Å². The molecule has 2 atom stereocenters. The fourth-order valence-electron chi connectivity index (χ4n) is 2.33. The molecule has 0 amide bonds. The first-order valence-electron chi connectivity index (χ1n) is 5.99. The largest absolute Gasteiger partial charge is 0.381 e. The lowest BCUT2D eigenvalue weighted by Crippen LogP contribution is -2.29. The van der Waals surface area contributed by atoms with Gasteiger partial charge in [-0.05, 0) is 24.6 Å². The van der Waals surface area contributed by atoms with E-state index in [9.17, 15) is 4.39 Å². The average Bonchev–Trinajstić information content (AvgIpc) is 2.84. The Kier molecular flexibility index (Phi) is 4.37. The molecular formula is C13H17ClFNO. The number of halogens is 2. The number of benzene rings is 1. The number of hydrogen-bond acceptors (Lipinski definition) is 2. The fourth-order valence-corrected chi connectivity index (χ4v) is 2.57. The lowest BCUT2D eigenvalue weighted by atomic mass is 9.92. The van der Waals surface area contributed by atoms with Crippen molar-refractivity contribution < 1.29 is 9.13 Å². The van der Waals surface area contributed by atoms with Crippen molar-refractivity contribution >= 4 is 11.6 Å². The third-order valence-electron chi connectivity index (χ3n) is 3.18. The second-order valence-corrected chi connectivity index (χ2v) is 4.68. The Labute approximate surface area is 106 Å². The topological polar surface area (TPSA) is 21.3 Å². The van der Waals surface area contributed by atoms with Gasteiger partial charge in [-0.3, -0.25) is 0 Å². The predicted molar refractivity (Wildman–Crippen MR) is 66.8 cm³/mol. The molecule has 1 aliphatic rings. The van der Waals surface area contributed by atoms with Crippen molar-refractivity contribution in [1.29, 1.82) is 0 Å². The van der Waals surface area contributed by atoms with Crippen molar-refractivity contribution in [3.05, 3.63) is 34.6 Å². The minimum atomic E-state index is -0.356. The standard InChI is InChI=1S/C13H17ClFNO/c1-2-16-13(9-6-7-17-8-9)10-4-3-5-11(15)12(10)14/h3-5,9,13,16H,2,6-8H2,1H3. The molecule has 0 radical (unpaired) electrons. The van der Waals surface area contributed by atoms with Crippen molar-refractivity contribution in [3.63, 3.8) is 0 Å². The number of nitrogens with one attached hydrogen (secondary N) is 1. The van der Waals surface area contributed by atoms with E-state index in [-0.39, 0.29) is 16.9 Å². The van der Waals surface area contributed by atoms with Crippen molar-refractivity contribution in [1.82, 2.24) is 5.32 Å². The van der Waals surface area contributed by atoms with Crippen molar-refractivity contribution in [2.24, 2.45) is 5.92 Å². The highest BCUT2D eigenvalue weighted by Crippen LogP contribution is 2.33. The van der Waals surface area contributed by atoms with Crippen LogP contribution in [0.25, 0.3) is 0 Å². The molecule has 1 aromatic rings. The van der Waals surface area contributed by atoms with Crippen LogP contribution < -0.4 is 5.32 Å². The summed E-state index contributed by atoms with van der Waals surface area (Å²) in [4.78, 5) is 0. The fraction of sp³-hybridized carbons (Fsp3) is 0.538. The average molecular weight is 258 g/mol. The molecule has 17 heavy (non-hydrogen) atoms. The molecule has 1 heterocycles. The summed E-state index contributed by atoms with van der Waals surface area (Å²) in [6, 6.07) is 5.05. The molecule has 1 aromatic carbocycles. The van der Waals surface area contributed by atoms with Gasteiger partial charge in [-0.1, -0.05) is 30.7 Å². The SMILES string of the molecule is CCNC(c1cccc(F)c1Cl)C1CCOC1. The summed E-state index contributed by atoms with van der Waals surface area (Å²) in [5.41, 5.74) is 0.837. The van der Waals surface area contributed by atoms with Crippen molar-refractivity contribution in [2.45, 2.75) is 19.4 Å². The molecular weight excluding hydrogens is 241 g/mol. The maximum Gasteiger partial charge on any atom is 0.142 e. The van der Waals surface area contributed by atoms with E-state index >= 15 is 0 Å². The van der Waals surface area contributed by atoms with Gasteiger partial charge in [-0.2, -0.15) is 0 Å². The van der Waals surface area contributed by atoms with Gasteiger partial charge in [0.25, 0.3) is 0 Å². The van der Waals surface area contributed by atoms with Gasteiger partial charge in [0.05, 0.1) is 11.6 Å². The van der Waals surface area contributed by atoms with Crippen LogP contribution in [0.1, 0.15) is 24.9 Å². The van der Waals surface area contributed by atoms with Crippen LogP contribution in [-0.4, -0.2) is 19.8 Å². The maximum atomic E-state index is 13.5. The molecule has 0 bridgehead atoms. The summed E-state index contributed by atoms with van der Waals surface area (Å²) in [7, 11) is 0. The molecule has 2 unspecified atom stereocenters. The van der Waals surface area contributed by atoms with E-state index < -0.39 is 0 Å². The molecule has 2 rings (SSSR count). The van der Waals surface area contributed by atoms with Crippen LogP contribution in [0.15, 0.2) is 18.2 Å². The molecule has 4 heteroatoms. The Hall–Kier alpha value is -0.640. The van der Waals surface area contributed by atoms with Crippen molar-refractivity contribution in [3.8, 4) is 0 Å². The maximum absolute atomic E-state index is 13.5. The zero-order valence-corrected chi connectivity index (χ0v) is 10.6. The highest BCUT2D eigenvalue weighted by Gasteiger charge is 2.28. The van der Waals surface area contributed by atoms with Gasteiger partial charge < -0.3 is 10.1 Å². The van der Waals surface area contributed by atoms with E-state index in [0.29, 0.717) is 12.5 Å².